The SMILES string of the molecule is CCCN(C(=O)c1cccs1)C1CCN(c2ncnc3sc4c(c23)CCCC4)CC1. The fourth-order valence-electron chi connectivity index (χ4n) is 4.94. The number of anilines is 1. The second kappa shape index (κ2) is 8.63. The Morgan fingerprint density at radius 3 is 2.83 bits per heavy atom. The molecule has 0 unspecified atom stereocenters. The Hall–Kier alpha value is -1.99. The smallest absolute Gasteiger partial charge is 0.264 e. The van der Waals surface area contributed by atoms with Crippen LogP contribution in [0.5, 0.6) is 0 Å². The van der Waals surface area contributed by atoms with Gasteiger partial charge in [-0.25, -0.2) is 9.97 Å². The van der Waals surface area contributed by atoms with Crippen LogP contribution in [-0.2, 0) is 12.8 Å². The van der Waals surface area contributed by atoms with Crippen molar-refractivity contribution < 1.29 is 4.79 Å². The number of carbonyl (C=O) groups is 1. The molecule has 1 aliphatic carbocycles. The first-order valence-electron chi connectivity index (χ1n) is 11.1. The third-order valence-electron chi connectivity index (χ3n) is 6.39. The number of rotatable bonds is 5. The van der Waals surface area contributed by atoms with Gasteiger partial charge in [0.2, 0.25) is 0 Å². The maximum atomic E-state index is 13.1. The average molecular weight is 441 g/mol. The van der Waals surface area contributed by atoms with E-state index in [1.54, 1.807) is 17.7 Å². The fraction of sp³-hybridized carbons (Fsp3) is 0.522. The second-order valence-corrected chi connectivity index (χ2v) is 10.3. The van der Waals surface area contributed by atoms with Crippen LogP contribution in [0.4, 0.5) is 5.82 Å². The van der Waals surface area contributed by atoms with E-state index in [1.807, 2.05) is 28.8 Å². The van der Waals surface area contributed by atoms with Crippen LogP contribution in [0.25, 0.3) is 10.2 Å². The lowest BCUT2D eigenvalue weighted by Gasteiger charge is -2.39. The van der Waals surface area contributed by atoms with E-state index in [1.165, 1.54) is 35.1 Å². The first-order chi connectivity index (χ1) is 14.8. The standard InChI is InChI=1S/C23H28N4OS2/c1-2-11-27(23(28)19-8-5-14-29-19)16-9-12-26(13-10-16)21-20-17-6-3-4-7-18(17)30-22(20)25-15-24-21/h5,8,14-16H,2-4,6-7,9-13H2,1H3. The van der Waals surface area contributed by atoms with Crippen molar-refractivity contribution in [3.63, 3.8) is 0 Å². The van der Waals surface area contributed by atoms with Crippen LogP contribution in [0.2, 0.25) is 0 Å². The zero-order valence-electron chi connectivity index (χ0n) is 17.5. The molecule has 3 aromatic heterocycles. The largest absolute Gasteiger partial charge is 0.356 e. The predicted octanol–water partition coefficient (Wildman–Crippen LogP) is 5.15. The number of thiophene rings is 2. The number of fused-ring (bicyclic) bond motifs is 3. The van der Waals surface area contributed by atoms with Gasteiger partial charge in [-0.2, -0.15) is 0 Å². The molecule has 2 aliphatic rings. The van der Waals surface area contributed by atoms with Gasteiger partial charge in [-0.1, -0.05) is 13.0 Å². The van der Waals surface area contributed by atoms with Crippen molar-refractivity contribution in [1.29, 1.82) is 0 Å². The minimum absolute atomic E-state index is 0.196. The lowest BCUT2D eigenvalue weighted by molar-refractivity contribution is 0.0655. The summed E-state index contributed by atoms with van der Waals surface area (Å²) in [6.45, 7) is 4.87. The summed E-state index contributed by atoms with van der Waals surface area (Å²) in [5.74, 6) is 1.31. The van der Waals surface area contributed by atoms with Gasteiger partial charge in [0.15, 0.2) is 0 Å². The number of amides is 1. The van der Waals surface area contributed by atoms with Gasteiger partial charge >= 0.3 is 0 Å². The maximum absolute atomic E-state index is 13.1. The molecule has 1 amide bonds. The minimum Gasteiger partial charge on any atom is -0.356 e. The predicted molar refractivity (Wildman–Crippen MR) is 125 cm³/mol. The van der Waals surface area contributed by atoms with E-state index < -0.39 is 0 Å². The highest BCUT2D eigenvalue weighted by atomic mass is 32.1. The molecule has 0 aromatic carbocycles. The molecule has 1 saturated heterocycles. The fourth-order valence-corrected chi connectivity index (χ4v) is 6.84. The molecule has 0 bridgehead atoms. The van der Waals surface area contributed by atoms with Crippen molar-refractivity contribution in [3.05, 3.63) is 39.2 Å². The van der Waals surface area contributed by atoms with Gasteiger partial charge in [0.1, 0.15) is 17.0 Å². The monoisotopic (exact) mass is 440 g/mol. The van der Waals surface area contributed by atoms with Gasteiger partial charge in [-0.3, -0.25) is 4.79 Å². The lowest BCUT2D eigenvalue weighted by atomic mass is 9.96. The summed E-state index contributed by atoms with van der Waals surface area (Å²) < 4.78 is 0. The van der Waals surface area contributed by atoms with E-state index in [-0.39, 0.29) is 5.91 Å². The molecule has 1 fully saturated rings. The van der Waals surface area contributed by atoms with Gasteiger partial charge in [0, 0.05) is 30.6 Å². The highest BCUT2D eigenvalue weighted by Crippen LogP contribution is 2.40. The summed E-state index contributed by atoms with van der Waals surface area (Å²) in [6.07, 6.45) is 9.62. The lowest BCUT2D eigenvalue weighted by Crippen LogP contribution is -2.47. The highest BCUT2D eigenvalue weighted by molar-refractivity contribution is 7.19. The van der Waals surface area contributed by atoms with Crippen LogP contribution >= 0.6 is 22.7 Å². The molecule has 5 nitrogen and oxygen atoms in total. The van der Waals surface area contributed by atoms with Gasteiger partial charge < -0.3 is 9.80 Å². The third kappa shape index (κ3) is 3.62. The second-order valence-electron chi connectivity index (χ2n) is 8.28. The molecule has 0 radical (unpaired) electrons. The van der Waals surface area contributed by atoms with Crippen LogP contribution < -0.4 is 4.90 Å². The molecule has 7 heteroatoms. The zero-order valence-corrected chi connectivity index (χ0v) is 19.1. The molecule has 0 N–H and O–H groups in total. The van der Waals surface area contributed by atoms with E-state index in [9.17, 15) is 4.79 Å². The number of aryl methyl sites for hydroxylation is 2. The molecule has 0 saturated carbocycles. The number of hydrogen-bond donors (Lipinski definition) is 0. The highest BCUT2D eigenvalue weighted by Gasteiger charge is 2.30. The molecular weight excluding hydrogens is 412 g/mol. The summed E-state index contributed by atoms with van der Waals surface area (Å²) in [4.78, 5) is 30.4. The van der Waals surface area contributed by atoms with Crippen molar-refractivity contribution in [3.8, 4) is 0 Å². The first kappa shape index (κ1) is 19.9. The number of nitrogens with zero attached hydrogens (tertiary/aromatic N) is 4. The van der Waals surface area contributed by atoms with E-state index in [0.29, 0.717) is 6.04 Å². The number of aromatic nitrogens is 2. The molecule has 0 atom stereocenters. The van der Waals surface area contributed by atoms with E-state index in [0.717, 1.165) is 60.8 Å². The minimum atomic E-state index is 0.196. The zero-order chi connectivity index (χ0) is 20.5. The molecule has 30 heavy (non-hydrogen) atoms. The molecule has 1 aliphatic heterocycles. The molecule has 158 valence electrons. The van der Waals surface area contributed by atoms with Gasteiger partial charge in [0.25, 0.3) is 5.91 Å². The Bertz CT molecular complexity index is 1020. The molecular formula is C23H28N4OS2. The van der Waals surface area contributed by atoms with Gasteiger partial charge in [0.05, 0.1) is 10.3 Å². The van der Waals surface area contributed by atoms with Crippen molar-refractivity contribution in [2.75, 3.05) is 24.5 Å². The summed E-state index contributed by atoms with van der Waals surface area (Å²) in [5.41, 5.74) is 1.50. The van der Waals surface area contributed by atoms with Gasteiger partial charge in [-0.15, -0.1) is 22.7 Å². The van der Waals surface area contributed by atoms with Gasteiger partial charge in [-0.05, 0) is 62.0 Å². The Kier molecular flexibility index (Phi) is 5.74. The number of hydrogen-bond acceptors (Lipinski definition) is 6. The molecule has 5 rings (SSSR count). The summed E-state index contributed by atoms with van der Waals surface area (Å²) >= 11 is 3.41. The number of piperidine rings is 1. The normalized spacial score (nSPS) is 17.3. The van der Waals surface area contributed by atoms with Crippen LogP contribution in [0.3, 0.4) is 0 Å². The van der Waals surface area contributed by atoms with Crippen molar-refractivity contribution in [2.24, 2.45) is 0 Å². The van der Waals surface area contributed by atoms with Crippen molar-refractivity contribution >= 4 is 44.6 Å². The summed E-state index contributed by atoms with van der Waals surface area (Å²) in [7, 11) is 0. The topological polar surface area (TPSA) is 49.3 Å². The van der Waals surface area contributed by atoms with Crippen LogP contribution in [-0.4, -0.2) is 46.5 Å². The van der Waals surface area contributed by atoms with E-state index in [4.69, 9.17) is 4.98 Å². The summed E-state index contributed by atoms with van der Waals surface area (Å²) in [5, 5.41) is 3.29. The third-order valence-corrected chi connectivity index (χ3v) is 8.45. The molecule has 0 spiro atoms. The Morgan fingerprint density at radius 1 is 1.23 bits per heavy atom. The molecule has 4 heterocycles. The first-order valence-corrected chi connectivity index (χ1v) is 12.8. The Balaban J connectivity index is 1.36. The number of carbonyl (C=O) groups excluding carboxylic acids is 1. The van der Waals surface area contributed by atoms with Crippen molar-refractivity contribution in [1.82, 2.24) is 14.9 Å². The van der Waals surface area contributed by atoms with Crippen molar-refractivity contribution in [2.45, 2.75) is 57.9 Å². The summed E-state index contributed by atoms with van der Waals surface area (Å²) in [6, 6.07) is 4.22. The molecule has 3 aromatic rings. The van der Waals surface area contributed by atoms with Crippen LogP contribution in [0, 0.1) is 0 Å². The quantitative estimate of drug-likeness (QED) is 0.550. The maximum Gasteiger partial charge on any atom is 0.264 e. The van der Waals surface area contributed by atoms with Crippen LogP contribution in [0.1, 0.15) is 59.1 Å². The van der Waals surface area contributed by atoms with E-state index >= 15 is 0 Å². The Labute approximate surface area is 185 Å². The van der Waals surface area contributed by atoms with E-state index in [2.05, 4.69) is 21.7 Å². The Morgan fingerprint density at radius 2 is 2.07 bits per heavy atom. The average Bonchev–Trinajstić information content (AvgIpc) is 3.45. The van der Waals surface area contributed by atoms with Crippen LogP contribution in [0.15, 0.2) is 23.8 Å².